The monoisotopic (exact) mass is 324 g/mol. The summed E-state index contributed by atoms with van der Waals surface area (Å²) in [5, 5.41) is 11.1. The largest absolute Gasteiger partial charge is 0.280 e. The van der Waals surface area contributed by atoms with E-state index in [1.165, 1.54) is 10.8 Å². The van der Waals surface area contributed by atoms with Crippen molar-refractivity contribution in [1.82, 2.24) is 14.3 Å². The highest BCUT2D eigenvalue weighted by Gasteiger charge is 2.15. The zero-order chi connectivity index (χ0) is 17.4. The number of hydrogen-bond donors (Lipinski definition) is 0. The van der Waals surface area contributed by atoms with Crippen LogP contribution in [0.5, 0.6) is 0 Å². The Kier molecular flexibility index (Phi) is 3.76. The fourth-order valence-corrected chi connectivity index (χ4v) is 2.87. The van der Waals surface area contributed by atoms with Crippen LogP contribution < -0.4 is 5.56 Å². The molecule has 0 unspecified atom stereocenters. The summed E-state index contributed by atoms with van der Waals surface area (Å²) in [5.74, 6) is 0.547. The van der Waals surface area contributed by atoms with Gasteiger partial charge in [0.05, 0.1) is 15.8 Å². The normalized spacial score (nSPS) is 11.5. The summed E-state index contributed by atoms with van der Waals surface area (Å²) in [4.78, 5) is 27.4. The van der Waals surface area contributed by atoms with Crippen LogP contribution in [-0.2, 0) is 0 Å². The Bertz CT molecular complexity index is 1040. The lowest BCUT2D eigenvalue weighted by molar-refractivity contribution is -0.400. The van der Waals surface area contributed by atoms with Crippen molar-refractivity contribution >= 4 is 17.0 Å². The van der Waals surface area contributed by atoms with Gasteiger partial charge in [-0.05, 0) is 39.0 Å². The smallest absolute Gasteiger partial charge is 0.267 e. The molecule has 2 heterocycles. The lowest BCUT2D eigenvalue weighted by atomic mass is 10.2. The van der Waals surface area contributed by atoms with Gasteiger partial charge in [-0.2, -0.15) is 4.68 Å². The second-order valence-corrected chi connectivity index (χ2v) is 5.53. The lowest BCUT2D eigenvalue weighted by Gasteiger charge is -2.16. The van der Waals surface area contributed by atoms with Gasteiger partial charge in [0.1, 0.15) is 5.82 Å². The Hall–Kier alpha value is -3.22. The third-order valence-electron chi connectivity index (χ3n) is 3.93. The SMILES string of the molecule is Cc1cc(C=C[N+](=O)[O-])c(C)n1-n1c(C)nc2ccccc2c1=O. The Morgan fingerprint density at radius 1 is 1.17 bits per heavy atom. The molecule has 7 nitrogen and oxygen atoms in total. The molecule has 0 amide bonds. The van der Waals surface area contributed by atoms with E-state index in [4.69, 9.17) is 0 Å². The summed E-state index contributed by atoms with van der Waals surface area (Å²) in [6.45, 7) is 5.42. The zero-order valence-corrected chi connectivity index (χ0v) is 13.6. The molecule has 0 saturated carbocycles. The highest BCUT2D eigenvalue weighted by Crippen LogP contribution is 2.18. The van der Waals surface area contributed by atoms with E-state index in [1.54, 1.807) is 35.9 Å². The van der Waals surface area contributed by atoms with Crippen molar-refractivity contribution in [2.24, 2.45) is 0 Å². The van der Waals surface area contributed by atoms with Crippen LogP contribution in [0.25, 0.3) is 17.0 Å². The van der Waals surface area contributed by atoms with Crippen LogP contribution in [0.3, 0.4) is 0 Å². The predicted octanol–water partition coefficient (Wildman–Crippen LogP) is 2.68. The molecule has 0 spiro atoms. The maximum absolute atomic E-state index is 12.9. The topological polar surface area (TPSA) is 83.0 Å². The Labute approximate surface area is 137 Å². The first kappa shape index (κ1) is 15.7. The van der Waals surface area contributed by atoms with Crippen molar-refractivity contribution in [1.29, 1.82) is 0 Å². The molecule has 0 radical (unpaired) electrons. The van der Waals surface area contributed by atoms with Gasteiger partial charge in [0.2, 0.25) is 6.20 Å². The number of fused-ring (bicyclic) bond motifs is 1. The van der Waals surface area contributed by atoms with Gasteiger partial charge < -0.3 is 0 Å². The summed E-state index contributed by atoms with van der Waals surface area (Å²) in [6.07, 6.45) is 2.31. The molecule has 3 rings (SSSR count). The van der Waals surface area contributed by atoms with Gasteiger partial charge in [0, 0.05) is 23.0 Å². The average molecular weight is 324 g/mol. The summed E-state index contributed by atoms with van der Waals surface area (Å²) in [6, 6.07) is 8.98. The number of rotatable bonds is 3. The number of nitro groups is 1. The van der Waals surface area contributed by atoms with Gasteiger partial charge in [-0.15, -0.1) is 0 Å². The molecule has 0 fully saturated rings. The molecular formula is C17H16N4O3. The van der Waals surface area contributed by atoms with E-state index >= 15 is 0 Å². The molecule has 0 aliphatic rings. The minimum absolute atomic E-state index is 0.176. The number of nitrogens with zero attached hydrogens (tertiary/aromatic N) is 4. The van der Waals surface area contributed by atoms with E-state index in [1.807, 2.05) is 19.9 Å². The maximum Gasteiger partial charge on any atom is 0.280 e. The summed E-state index contributed by atoms with van der Waals surface area (Å²) >= 11 is 0. The highest BCUT2D eigenvalue weighted by atomic mass is 16.6. The van der Waals surface area contributed by atoms with Crippen molar-refractivity contribution in [2.45, 2.75) is 20.8 Å². The average Bonchev–Trinajstić information content (AvgIpc) is 2.81. The van der Waals surface area contributed by atoms with Crippen molar-refractivity contribution in [2.75, 3.05) is 0 Å². The third-order valence-corrected chi connectivity index (χ3v) is 3.93. The molecular weight excluding hydrogens is 308 g/mol. The summed E-state index contributed by atoms with van der Waals surface area (Å²) in [7, 11) is 0. The van der Waals surface area contributed by atoms with Crippen molar-refractivity contribution in [3.05, 3.63) is 79.8 Å². The number of aryl methyl sites for hydroxylation is 2. The molecule has 1 aromatic carbocycles. The quantitative estimate of drug-likeness (QED) is 0.548. The number of hydrogen-bond acceptors (Lipinski definition) is 4. The van der Waals surface area contributed by atoms with E-state index in [2.05, 4.69) is 4.98 Å². The van der Waals surface area contributed by atoms with Crippen LogP contribution in [0, 0.1) is 30.9 Å². The van der Waals surface area contributed by atoms with Gasteiger partial charge in [0.15, 0.2) is 0 Å². The Morgan fingerprint density at radius 2 is 1.88 bits per heavy atom. The summed E-state index contributed by atoms with van der Waals surface area (Å²) in [5.41, 5.74) is 2.67. The Morgan fingerprint density at radius 3 is 2.58 bits per heavy atom. The first-order valence-electron chi connectivity index (χ1n) is 7.40. The van der Waals surface area contributed by atoms with Crippen LogP contribution in [0.15, 0.2) is 41.3 Å². The fraction of sp³-hybridized carbons (Fsp3) is 0.176. The first-order valence-corrected chi connectivity index (χ1v) is 7.40. The molecule has 0 bridgehead atoms. The molecule has 0 saturated heterocycles. The van der Waals surface area contributed by atoms with E-state index in [9.17, 15) is 14.9 Å². The molecule has 7 heteroatoms. The van der Waals surface area contributed by atoms with Crippen LogP contribution in [0.1, 0.15) is 22.8 Å². The minimum Gasteiger partial charge on any atom is -0.267 e. The first-order chi connectivity index (χ1) is 11.4. The summed E-state index contributed by atoms with van der Waals surface area (Å²) < 4.78 is 3.23. The molecule has 3 aromatic rings. The minimum atomic E-state index is -0.513. The van der Waals surface area contributed by atoms with Gasteiger partial charge in [-0.1, -0.05) is 12.1 Å². The van der Waals surface area contributed by atoms with E-state index in [-0.39, 0.29) is 5.56 Å². The van der Waals surface area contributed by atoms with Crippen molar-refractivity contribution in [3.63, 3.8) is 0 Å². The second kappa shape index (κ2) is 5.77. The molecule has 0 aliphatic carbocycles. The molecule has 0 atom stereocenters. The van der Waals surface area contributed by atoms with Crippen LogP contribution >= 0.6 is 0 Å². The van der Waals surface area contributed by atoms with Gasteiger partial charge in [-0.25, -0.2) is 4.98 Å². The van der Waals surface area contributed by atoms with Gasteiger partial charge in [-0.3, -0.25) is 19.6 Å². The Balaban J connectivity index is 2.29. The van der Waals surface area contributed by atoms with E-state index < -0.39 is 4.92 Å². The van der Waals surface area contributed by atoms with Crippen LogP contribution in [0.2, 0.25) is 0 Å². The molecule has 2 aromatic heterocycles. The molecule has 0 aliphatic heterocycles. The standard InChI is InChI=1S/C17H16N4O3/c1-11-10-14(8-9-19(23)24)12(2)20(11)21-13(3)18-16-7-5-4-6-15(16)17(21)22/h4-10H,1-3H3. The lowest BCUT2D eigenvalue weighted by Crippen LogP contribution is -2.30. The zero-order valence-electron chi connectivity index (χ0n) is 13.6. The number of benzene rings is 1. The second-order valence-electron chi connectivity index (χ2n) is 5.53. The van der Waals surface area contributed by atoms with Gasteiger partial charge in [0.25, 0.3) is 5.56 Å². The highest BCUT2D eigenvalue weighted by molar-refractivity contribution is 5.77. The van der Waals surface area contributed by atoms with Crippen molar-refractivity contribution in [3.8, 4) is 0 Å². The van der Waals surface area contributed by atoms with Crippen LogP contribution in [0.4, 0.5) is 0 Å². The van der Waals surface area contributed by atoms with Gasteiger partial charge >= 0.3 is 0 Å². The fourth-order valence-electron chi connectivity index (χ4n) is 2.87. The number of para-hydroxylation sites is 1. The molecule has 24 heavy (non-hydrogen) atoms. The van der Waals surface area contributed by atoms with Crippen LogP contribution in [-0.4, -0.2) is 19.3 Å². The van der Waals surface area contributed by atoms with E-state index in [0.717, 1.165) is 17.6 Å². The predicted molar refractivity (Wildman–Crippen MR) is 91.5 cm³/mol. The number of aromatic nitrogens is 3. The van der Waals surface area contributed by atoms with E-state index in [0.29, 0.717) is 22.3 Å². The molecule has 122 valence electrons. The maximum atomic E-state index is 12.9. The molecule has 0 N–H and O–H groups in total. The van der Waals surface area contributed by atoms with Crippen molar-refractivity contribution < 1.29 is 4.92 Å². The third kappa shape index (κ3) is 2.50.